The Kier molecular flexibility index (Phi) is 10.3. The molecule has 2 saturated heterocycles. The molecule has 0 spiro atoms. The Labute approximate surface area is 132 Å². The van der Waals surface area contributed by atoms with Crippen molar-refractivity contribution in [2.75, 3.05) is 38.2 Å². The standard InChI is InChI=1S/C12H23N3OS.2ClH/c1-15-5-2-3-11(15)8-14-12(16)7-10-9-17-6-4-13-10;;/h10-11,13H,2-9H2,1H3,(H,14,16);2*1H. The average Bonchev–Trinajstić information content (AvgIpc) is 2.74. The van der Waals surface area contributed by atoms with Gasteiger partial charge < -0.3 is 15.5 Å². The molecule has 0 aromatic heterocycles. The van der Waals surface area contributed by atoms with Crippen LogP contribution in [0.15, 0.2) is 0 Å². The van der Waals surface area contributed by atoms with Gasteiger partial charge >= 0.3 is 0 Å². The van der Waals surface area contributed by atoms with Crippen LogP contribution in [0.25, 0.3) is 0 Å². The van der Waals surface area contributed by atoms with Crippen LogP contribution in [0.3, 0.4) is 0 Å². The highest BCUT2D eigenvalue weighted by Gasteiger charge is 2.22. The molecule has 19 heavy (non-hydrogen) atoms. The molecule has 114 valence electrons. The van der Waals surface area contributed by atoms with Crippen LogP contribution in [0, 0.1) is 0 Å². The summed E-state index contributed by atoms with van der Waals surface area (Å²) in [5, 5.41) is 6.47. The normalized spacial score (nSPS) is 27.2. The molecule has 1 amide bonds. The summed E-state index contributed by atoms with van der Waals surface area (Å²) >= 11 is 1.94. The fraction of sp³-hybridized carbons (Fsp3) is 0.917. The summed E-state index contributed by atoms with van der Waals surface area (Å²) in [7, 11) is 2.14. The summed E-state index contributed by atoms with van der Waals surface area (Å²) in [6.07, 6.45) is 3.11. The summed E-state index contributed by atoms with van der Waals surface area (Å²) in [6, 6.07) is 0.919. The second-order valence-corrected chi connectivity index (χ2v) is 6.16. The van der Waals surface area contributed by atoms with E-state index in [1.807, 2.05) is 11.8 Å². The zero-order chi connectivity index (χ0) is 12.1. The Morgan fingerprint density at radius 2 is 2.26 bits per heavy atom. The van der Waals surface area contributed by atoms with E-state index in [1.165, 1.54) is 25.1 Å². The van der Waals surface area contributed by atoms with Crippen LogP contribution >= 0.6 is 36.6 Å². The Morgan fingerprint density at radius 1 is 1.47 bits per heavy atom. The number of hydrogen-bond donors (Lipinski definition) is 2. The first-order valence-electron chi connectivity index (χ1n) is 6.54. The van der Waals surface area contributed by atoms with Crippen molar-refractivity contribution in [3.05, 3.63) is 0 Å². The fourth-order valence-electron chi connectivity index (χ4n) is 2.52. The van der Waals surface area contributed by atoms with Crippen molar-refractivity contribution < 1.29 is 4.79 Å². The lowest BCUT2D eigenvalue weighted by atomic mass is 10.2. The van der Waals surface area contributed by atoms with Gasteiger partial charge in [0.15, 0.2) is 0 Å². The lowest BCUT2D eigenvalue weighted by molar-refractivity contribution is -0.121. The van der Waals surface area contributed by atoms with Crippen LogP contribution in [0.1, 0.15) is 19.3 Å². The summed E-state index contributed by atoms with van der Waals surface area (Å²) in [5.41, 5.74) is 0. The van der Waals surface area contributed by atoms with Crippen molar-refractivity contribution in [1.29, 1.82) is 0 Å². The summed E-state index contributed by atoms with van der Waals surface area (Å²) in [5.74, 6) is 2.44. The zero-order valence-electron chi connectivity index (χ0n) is 11.4. The van der Waals surface area contributed by atoms with E-state index in [-0.39, 0.29) is 30.7 Å². The van der Waals surface area contributed by atoms with E-state index in [1.54, 1.807) is 0 Å². The van der Waals surface area contributed by atoms with Gasteiger partial charge in [-0.05, 0) is 26.4 Å². The maximum atomic E-state index is 11.8. The summed E-state index contributed by atoms with van der Waals surface area (Å²) in [6.45, 7) is 3.02. The van der Waals surface area contributed by atoms with Gasteiger partial charge in [-0.3, -0.25) is 4.79 Å². The van der Waals surface area contributed by atoms with E-state index in [4.69, 9.17) is 0 Å². The fourth-order valence-corrected chi connectivity index (χ4v) is 3.46. The molecule has 2 heterocycles. The molecule has 2 aliphatic rings. The first kappa shape index (κ1) is 19.3. The van der Waals surface area contributed by atoms with E-state index in [0.29, 0.717) is 18.5 Å². The van der Waals surface area contributed by atoms with E-state index < -0.39 is 0 Å². The minimum Gasteiger partial charge on any atom is -0.354 e. The smallest absolute Gasteiger partial charge is 0.221 e. The lowest BCUT2D eigenvalue weighted by Crippen LogP contribution is -2.43. The molecule has 0 aromatic carbocycles. The van der Waals surface area contributed by atoms with Crippen molar-refractivity contribution in [2.45, 2.75) is 31.3 Å². The molecule has 2 N–H and O–H groups in total. The van der Waals surface area contributed by atoms with E-state index in [9.17, 15) is 4.79 Å². The number of likely N-dealkylation sites (tertiary alicyclic amines) is 1. The molecule has 0 saturated carbocycles. The first-order chi connectivity index (χ1) is 8.25. The third-order valence-electron chi connectivity index (χ3n) is 3.64. The first-order valence-corrected chi connectivity index (χ1v) is 7.69. The minimum absolute atomic E-state index is 0. The van der Waals surface area contributed by atoms with Gasteiger partial charge in [0, 0.05) is 43.1 Å². The largest absolute Gasteiger partial charge is 0.354 e. The molecule has 0 radical (unpaired) electrons. The van der Waals surface area contributed by atoms with Crippen molar-refractivity contribution in [1.82, 2.24) is 15.5 Å². The third kappa shape index (κ3) is 6.54. The Hall–Kier alpha value is 0.320. The second-order valence-electron chi connectivity index (χ2n) is 5.01. The molecule has 0 bridgehead atoms. The van der Waals surface area contributed by atoms with Gasteiger partial charge in [0.2, 0.25) is 5.91 Å². The molecule has 4 nitrogen and oxygen atoms in total. The highest BCUT2D eigenvalue weighted by atomic mass is 35.5. The number of amides is 1. The molecule has 2 fully saturated rings. The number of likely N-dealkylation sites (N-methyl/N-ethyl adjacent to an activating group) is 1. The van der Waals surface area contributed by atoms with Crippen LogP contribution in [0.4, 0.5) is 0 Å². The number of hydrogen-bond acceptors (Lipinski definition) is 4. The second kappa shape index (κ2) is 10.1. The van der Waals surface area contributed by atoms with Crippen LogP contribution in [0.5, 0.6) is 0 Å². The monoisotopic (exact) mass is 329 g/mol. The Balaban J connectivity index is 0.00000162. The predicted molar refractivity (Wildman–Crippen MR) is 86.9 cm³/mol. The van der Waals surface area contributed by atoms with Gasteiger partial charge in [-0.2, -0.15) is 11.8 Å². The maximum absolute atomic E-state index is 11.8. The minimum atomic E-state index is 0. The Morgan fingerprint density at radius 3 is 2.84 bits per heavy atom. The van der Waals surface area contributed by atoms with Gasteiger partial charge in [0.25, 0.3) is 0 Å². The van der Waals surface area contributed by atoms with Crippen LogP contribution in [-0.2, 0) is 4.79 Å². The third-order valence-corrected chi connectivity index (χ3v) is 4.77. The number of carbonyl (C=O) groups is 1. The summed E-state index contributed by atoms with van der Waals surface area (Å²) in [4.78, 5) is 14.1. The van der Waals surface area contributed by atoms with Crippen LogP contribution < -0.4 is 10.6 Å². The quantitative estimate of drug-likeness (QED) is 0.811. The number of nitrogens with zero attached hydrogens (tertiary/aromatic N) is 1. The number of carbonyl (C=O) groups excluding carboxylic acids is 1. The predicted octanol–water partition coefficient (Wildman–Crippen LogP) is 1.14. The van der Waals surface area contributed by atoms with Crippen LogP contribution in [-0.4, -0.2) is 61.1 Å². The molecule has 0 aromatic rings. The molecule has 2 atom stereocenters. The van der Waals surface area contributed by atoms with Crippen LogP contribution in [0.2, 0.25) is 0 Å². The average molecular weight is 330 g/mol. The van der Waals surface area contributed by atoms with Crippen molar-refractivity contribution in [3.63, 3.8) is 0 Å². The molecule has 2 rings (SSSR count). The lowest BCUT2D eigenvalue weighted by Gasteiger charge is -2.24. The Bertz CT molecular complexity index is 265. The van der Waals surface area contributed by atoms with Gasteiger partial charge in [0.1, 0.15) is 0 Å². The number of halogens is 2. The summed E-state index contributed by atoms with van der Waals surface area (Å²) < 4.78 is 0. The van der Waals surface area contributed by atoms with Crippen molar-refractivity contribution in [2.24, 2.45) is 0 Å². The molecule has 0 aliphatic carbocycles. The molecular formula is C12H25Cl2N3OS. The van der Waals surface area contributed by atoms with E-state index in [2.05, 4.69) is 22.6 Å². The molecule has 2 unspecified atom stereocenters. The van der Waals surface area contributed by atoms with Gasteiger partial charge in [-0.15, -0.1) is 24.8 Å². The van der Waals surface area contributed by atoms with Gasteiger partial charge in [-0.1, -0.05) is 0 Å². The number of nitrogens with one attached hydrogen (secondary N) is 2. The molecular weight excluding hydrogens is 305 g/mol. The van der Waals surface area contributed by atoms with Crippen molar-refractivity contribution >= 4 is 42.5 Å². The zero-order valence-corrected chi connectivity index (χ0v) is 13.8. The number of rotatable bonds is 4. The highest BCUT2D eigenvalue weighted by Crippen LogP contribution is 2.14. The highest BCUT2D eigenvalue weighted by molar-refractivity contribution is 7.99. The molecule has 2 aliphatic heterocycles. The van der Waals surface area contributed by atoms with E-state index in [0.717, 1.165) is 18.8 Å². The topological polar surface area (TPSA) is 44.4 Å². The van der Waals surface area contributed by atoms with Gasteiger partial charge in [0.05, 0.1) is 0 Å². The van der Waals surface area contributed by atoms with Gasteiger partial charge in [-0.25, -0.2) is 0 Å². The number of thioether (sulfide) groups is 1. The maximum Gasteiger partial charge on any atom is 0.221 e. The SMILES string of the molecule is CN1CCCC1CNC(=O)CC1CSCCN1.Cl.Cl. The van der Waals surface area contributed by atoms with Crippen molar-refractivity contribution in [3.8, 4) is 0 Å². The van der Waals surface area contributed by atoms with E-state index >= 15 is 0 Å². The molecule has 7 heteroatoms.